The van der Waals surface area contributed by atoms with Crippen molar-refractivity contribution in [2.75, 3.05) is 13.1 Å². The molecular weight excluding hydrogens is 312 g/mol. The molecule has 1 aliphatic heterocycles. The number of benzene rings is 1. The number of aryl methyl sites for hydroxylation is 1. The second-order valence-corrected chi connectivity index (χ2v) is 8.58. The lowest BCUT2D eigenvalue weighted by atomic mass is 10.2. The van der Waals surface area contributed by atoms with E-state index in [1.165, 1.54) is 17.1 Å². The number of hydrogen-bond donors (Lipinski definition) is 0. The van der Waals surface area contributed by atoms with Gasteiger partial charge < -0.3 is 0 Å². The summed E-state index contributed by atoms with van der Waals surface area (Å²) in [6, 6.07) is 7.76. The smallest absolute Gasteiger partial charge is 0.218 e. The zero-order valence-electron chi connectivity index (χ0n) is 13.1. The van der Waals surface area contributed by atoms with Crippen LogP contribution in [0.5, 0.6) is 0 Å². The lowest BCUT2D eigenvalue weighted by Gasteiger charge is -2.37. The Labute approximate surface area is 136 Å². The molecule has 2 aliphatic rings. The van der Waals surface area contributed by atoms with Gasteiger partial charge in [0, 0.05) is 25.2 Å². The van der Waals surface area contributed by atoms with Gasteiger partial charge in [0.05, 0.1) is 17.5 Å². The molecule has 0 amide bonds. The van der Waals surface area contributed by atoms with Crippen LogP contribution in [-0.4, -0.2) is 40.8 Å². The molecule has 0 N–H and O–H groups in total. The fraction of sp³-hybridized carbons (Fsp3) is 0.500. The zero-order valence-corrected chi connectivity index (χ0v) is 13.9. The Morgan fingerprint density at radius 3 is 2.52 bits per heavy atom. The standard InChI is InChI=1S/C16H20N4O2S/c1-12-2-4-13(5-3-12)11-23(21,22)19-8-15(9-19)20-10-16(17-18-20)14-6-7-14/h2-5,10,14-15H,6-9,11H2,1H3. The predicted molar refractivity (Wildman–Crippen MR) is 86.4 cm³/mol. The third-order valence-electron chi connectivity index (χ3n) is 4.59. The summed E-state index contributed by atoms with van der Waals surface area (Å²) in [5.41, 5.74) is 3.01. The van der Waals surface area contributed by atoms with Crippen LogP contribution in [0.4, 0.5) is 0 Å². The van der Waals surface area contributed by atoms with Gasteiger partial charge in [-0.25, -0.2) is 13.1 Å². The molecular formula is C16H20N4O2S. The van der Waals surface area contributed by atoms with E-state index in [0.717, 1.165) is 16.8 Å². The Kier molecular flexibility index (Phi) is 3.50. The molecule has 7 heteroatoms. The van der Waals surface area contributed by atoms with Crippen molar-refractivity contribution in [1.29, 1.82) is 0 Å². The molecule has 0 spiro atoms. The van der Waals surface area contributed by atoms with Crippen LogP contribution in [0.3, 0.4) is 0 Å². The van der Waals surface area contributed by atoms with Gasteiger partial charge >= 0.3 is 0 Å². The molecule has 2 fully saturated rings. The van der Waals surface area contributed by atoms with Crippen molar-refractivity contribution in [1.82, 2.24) is 19.3 Å². The summed E-state index contributed by atoms with van der Waals surface area (Å²) in [5, 5.41) is 8.34. The lowest BCUT2D eigenvalue weighted by Crippen LogP contribution is -2.51. The van der Waals surface area contributed by atoms with Crippen LogP contribution in [0.1, 0.15) is 41.6 Å². The van der Waals surface area contributed by atoms with E-state index in [9.17, 15) is 8.42 Å². The topological polar surface area (TPSA) is 68.1 Å². The summed E-state index contributed by atoms with van der Waals surface area (Å²) in [5.74, 6) is 0.634. The van der Waals surface area contributed by atoms with Crippen molar-refractivity contribution in [3.05, 3.63) is 47.3 Å². The molecule has 2 heterocycles. The first-order valence-electron chi connectivity index (χ1n) is 7.96. The fourth-order valence-corrected chi connectivity index (χ4v) is 4.43. The summed E-state index contributed by atoms with van der Waals surface area (Å²) in [6.45, 7) is 2.97. The van der Waals surface area contributed by atoms with E-state index in [-0.39, 0.29) is 11.8 Å². The van der Waals surface area contributed by atoms with Crippen molar-refractivity contribution in [2.24, 2.45) is 0 Å². The molecule has 0 radical (unpaired) electrons. The third-order valence-corrected chi connectivity index (χ3v) is 6.37. The van der Waals surface area contributed by atoms with Crippen LogP contribution in [0.25, 0.3) is 0 Å². The molecule has 1 aliphatic carbocycles. The number of hydrogen-bond acceptors (Lipinski definition) is 4. The second kappa shape index (κ2) is 5.42. The molecule has 23 heavy (non-hydrogen) atoms. The largest absolute Gasteiger partial charge is 0.247 e. The van der Waals surface area contributed by atoms with Crippen LogP contribution in [-0.2, 0) is 15.8 Å². The number of rotatable bonds is 5. The second-order valence-electron chi connectivity index (χ2n) is 6.61. The van der Waals surface area contributed by atoms with Crippen molar-refractivity contribution >= 4 is 10.0 Å². The minimum Gasteiger partial charge on any atom is -0.247 e. The Morgan fingerprint density at radius 2 is 1.87 bits per heavy atom. The van der Waals surface area contributed by atoms with E-state index < -0.39 is 10.0 Å². The minimum atomic E-state index is -3.26. The van der Waals surface area contributed by atoms with E-state index in [1.54, 1.807) is 0 Å². The molecule has 122 valence electrons. The Hall–Kier alpha value is -1.73. The maximum absolute atomic E-state index is 12.4. The van der Waals surface area contributed by atoms with Gasteiger partial charge in [-0.05, 0) is 25.3 Å². The van der Waals surface area contributed by atoms with Gasteiger partial charge in [-0.3, -0.25) is 0 Å². The highest BCUT2D eigenvalue weighted by Gasteiger charge is 2.38. The summed E-state index contributed by atoms with van der Waals surface area (Å²) < 4.78 is 28.3. The van der Waals surface area contributed by atoms with Crippen molar-refractivity contribution in [2.45, 2.75) is 37.5 Å². The number of sulfonamides is 1. The Balaban J connectivity index is 1.38. The summed E-state index contributed by atoms with van der Waals surface area (Å²) >= 11 is 0. The summed E-state index contributed by atoms with van der Waals surface area (Å²) in [7, 11) is -3.26. The SMILES string of the molecule is Cc1ccc(CS(=O)(=O)N2CC(n3cc(C4CC4)nn3)C2)cc1. The molecule has 4 rings (SSSR count). The van der Waals surface area contributed by atoms with Crippen LogP contribution < -0.4 is 0 Å². The molecule has 2 aromatic rings. The summed E-state index contributed by atoms with van der Waals surface area (Å²) in [6.07, 6.45) is 4.37. The molecule has 0 atom stereocenters. The average molecular weight is 332 g/mol. The first-order valence-corrected chi connectivity index (χ1v) is 9.57. The van der Waals surface area contributed by atoms with E-state index in [2.05, 4.69) is 10.3 Å². The van der Waals surface area contributed by atoms with Gasteiger partial charge in [0.1, 0.15) is 0 Å². The molecule has 1 saturated carbocycles. The van der Waals surface area contributed by atoms with Crippen LogP contribution >= 0.6 is 0 Å². The highest BCUT2D eigenvalue weighted by atomic mass is 32.2. The van der Waals surface area contributed by atoms with Crippen LogP contribution in [0, 0.1) is 6.92 Å². The van der Waals surface area contributed by atoms with Gasteiger partial charge in [0.25, 0.3) is 0 Å². The summed E-state index contributed by atoms with van der Waals surface area (Å²) in [4.78, 5) is 0. The first kappa shape index (κ1) is 14.8. The van der Waals surface area contributed by atoms with Gasteiger partial charge in [0.2, 0.25) is 10.0 Å². The lowest BCUT2D eigenvalue weighted by molar-refractivity contribution is 0.188. The quantitative estimate of drug-likeness (QED) is 0.838. The average Bonchev–Trinajstić information content (AvgIpc) is 3.19. The Morgan fingerprint density at radius 1 is 1.17 bits per heavy atom. The molecule has 1 saturated heterocycles. The highest BCUT2D eigenvalue weighted by Crippen LogP contribution is 2.39. The van der Waals surface area contributed by atoms with Crippen LogP contribution in [0.15, 0.2) is 30.5 Å². The zero-order chi connectivity index (χ0) is 16.0. The van der Waals surface area contributed by atoms with Crippen molar-refractivity contribution < 1.29 is 8.42 Å². The van der Waals surface area contributed by atoms with Gasteiger partial charge in [-0.1, -0.05) is 35.0 Å². The van der Waals surface area contributed by atoms with Gasteiger partial charge in [-0.15, -0.1) is 5.10 Å². The highest BCUT2D eigenvalue weighted by molar-refractivity contribution is 7.88. The maximum Gasteiger partial charge on any atom is 0.218 e. The maximum atomic E-state index is 12.4. The molecule has 1 aromatic heterocycles. The minimum absolute atomic E-state index is 0.0602. The molecule has 0 bridgehead atoms. The normalized spacial score (nSPS) is 19.7. The van der Waals surface area contributed by atoms with Crippen molar-refractivity contribution in [3.63, 3.8) is 0 Å². The van der Waals surface area contributed by atoms with Crippen molar-refractivity contribution in [3.8, 4) is 0 Å². The van der Waals surface area contributed by atoms with Gasteiger partial charge in [-0.2, -0.15) is 4.31 Å². The van der Waals surface area contributed by atoms with E-state index in [4.69, 9.17) is 0 Å². The van der Waals surface area contributed by atoms with E-state index >= 15 is 0 Å². The predicted octanol–water partition coefficient (Wildman–Crippen LogP) is 1.85. The van der Waals surface area contributed by atoms with E-state index in [1.807, 2.05) is 42.1 Å². The first-order chi connectivity index (χ1) is 11.0. The monoisotopic (exact) mass is 332 g/mol. The fourth-order valence-electron chi connectivity index (χ4n) is 2.83. The van der Waals surface area contributed by atoms with Gasteiger partial charge in [0.15, 0.2) is 0 Å². The number of aromatic nitrogens is 3. The molecule has 1 aromatic carbocycles. The molecule has 0 unspecified atom stereocenters. The Bertz CT molecular complexity index is 803. The third kappa shape index (κ3) is 3.03. The number of nitrogens with zero attached hydrogens (tertiary/aromatic N) is 4. The van der Waals surface area contributed by atoms with E-state index in [0.29, 0.717) is 19.0 Å². The van der Waals surface area contributed by atoms with Crippen LogP contribution in [0.2, 0.25) is 0 Å². The molecule has 6 nitrogen and oxygen atoms in total.